The van der Waals surface area contributed by atoms with Crippen molar-refractivity contribution in [1.82, 2.24) is 34.6 Å². The van der Waals surface area contributed by atoms with Crippen molar-refractivity contribution in [2.45, 2.75) is 25.4 Å². The zero-order valence-corrected chi connectivity index (χ0v) is 16.8. The van der Waals surface area contributed by atoms with Crippen LogP contribution in [-0.2, 0) is 6.54 Å². The third-order valence-corrected chi connectivity index (χ3v) is 5.96. The van der Waals surface area contributed by atoms with Crippen molar-refractivity contribution in [3.05, 3.63) is 65.2 Å². The van der Waals surface area contributed by atoms with E-state index in [9.17, 15) is 4.79 Å². The number of fused-ring (bicyclic) bond motifs is 3. The fourth-order valence-electron chi connectivity index (χ4n) is 4.57. The maximum Gasteiger partial charge on any atom is 0.326 e. The number of rotatable bonds is 4. The highest BCUT2D eigenvalue weighted by atomic mass is 16.5. The van der Waals surface area contributed by atoms with E-state index in [-0.39, 0.29) is 11.7 Å². The van der Waals surface area contributed by atoms with Crippen LogP contribution in [0.4, 0.5) is 0 Å². The molecule has 0 spiro atoms. The molecular formula is C22H21N7O2. The van der Waals surface area contributed by atoms with E-state index in [4.69, 9.17) is 4.52 Å². The van der Waals surface area contributed by atoms with Crippen molar-refractivity contribution in [3.63, 3.8) is 0 Å². The van der Waals surface area contributed by atoms with Crippen molar-refractivity contribution in [1.29, 1.82) is 0 Å². The Labute approximate surface area is 176 Å². The topological polar surface area (TPSA) is 109 Å². The van der Waals surface area contributed by atoms with Crippen LogP contribution in [-0.4, -0.2) is 47.6 Å². The summed E-state index contributed by atoms with van der Waals surface area (Å²) in [6, 6.07) is 11.8. The van der Waals surface area contributed by atoms with Crippen molar-refractivity contribution in [2.24, 2.45) is 0 Å². The van der Waals surface area contributed by atoms with Gasteiger partial charge >= 0.3 is 5.69 Å². The van der Waals surface area contributed by atoms with E-state index in [2.05, 4.69) is 30.0 Å². The Hall–Kier alpha value is -3.72. The SMILES string of the molecule is O=c1[nH]c2cnc3[nH]ccc3c2n1[C@@H]1CCCN(Cc2nc(-c3ccccc3)no2)C1. The maximum absolute atomic E-state index is 12.8. The quantitative estimate of drug-likeness (QED) is 0.467. The van der Waals surface area contributed by atoms with E-state index in [0.29, 0.717) is 18.3 Å². The third-order valence-electron chi connectivity index (χ3n) is 5.96. The molecule has 4 aromatic heterocycles. The highest BCUT2D eigenvalue weighted by Gasteiger charge is 2.26. The van der Waals surface area contributed by atoms with Crippen LogP contribution in [0.15, 0.2) is 58.1 Å². The van der Waals surface area contributed by atoms with Gasteiger partial charge in [0.05, 0.1) is 29.8 Å². The number of H-pyrrole nitrogens is 2. The van der Waals surface area contributed by atoms with Crippen molar-refractivity contribution in [2.75, 3.05) is 13.1 Å². The molecular weight excluding hydrogens is 394 g/mol. The molecule has 31 heavy (non-hydrogen) atoms. The Kier molecular flexibility index (Phi) is 4.20. The smallest absolute Gasteiger partial charge is 0.326 e. The van der Waals surface area contributed by atoms with E-state index in [1.54, 1.807) is 6.20 Å². The number of nitrogens with one attached hydrogen (secondary N) is 2. The van der Waals surface area contributed by atoms with E-state index < -0.39 is 0 Å². The van der Waals surface area contributed by atoms with Crippen LogP contribution in [0.25, 0.3) is 33.5 Å². The lowest BCUT2D eigenvalue weighted by Gasteiger charge is -2.32. The van der Waals surface area contributed by atoms with E-state index >= 15 is 0 Å². The number of aromatic amines is 2. The van der Waals surface area contributed by atoms with Crippen molar-refractivity contribution in [3.8, 4) is 11.4 Å². The predicted octanol–water partition coefficient (Wildman–Crippen LogP) is 3.09. The first-order valence-corrected chi connectivity index (χ1v) is 10.4. The Morgan fingerprint density at radius 1 is 1.19 bits per heavy atom. The van der Waals surface area contributed by atoms with Crippen LogP contribution in [0.3, 0.4) is 0 Å². The van der Waals surface area contributed by atoms with E-state index in [1.165, 1.54) is 0 Å². The summed E-state index contributed by atoms with van der Waals surface area (Å²) in [5.41, 5.74) is 3.29. The van der Waals surface area contributed by atoms with Gasteiger partial charge in [0.2, 0.25) is 11.7 Å². The summed E-state index contributed by atoms with van der Waals surface area (Å²) in [5.74, 6) is 1.18. The second-order valence-electron chi connectivity index (χ2n) is 7.97. The molecule has 1 atom stereocenters. The number of hydrogen-bond donors (Lipinski definition) is 2. The van der Waals surface area contributed by atoms with Gasteiger partial charge in [0.1, 0.15) is 5.65 Å². The standard InChI is InChI=1S/C22H21N7O2/c30-22-25-17-11-24-21-16(8-9-23-21)19(17)29(22)15-7-4-10-28(12-15)13-18-26-20(27-31-18)14-5-2-1-3-6-14/h1-3,5-6,8-9,11,15H,4,7,10,12-13H2,(H,23,24)(H,25,30)/t15-/m1/s1. The summed E-state index contributed by atoms with van der Waals surface area (Å²) in [6.07, 6.45) is 5.50. The molecule has 5 aromatic rings. The van der Waals surface area contributed by atoms with Crippen LogP contribution >= 0.6 is 0 Å². The van der Waals surface area contributed by atoms with Crippen LogP contribution in [0.5, 0.6) is 0 Å². The summed E-state index contributed by atoms with van der Waals surface area (Å²) in [6.45, 7) is 2.23. The summed E-state index contributed by atoms with van der Waals surface area (Å²) >= 11 is 0. The minimum Gasteiger partial charge on any atom is -0.346 e. The molecule has 0 unspecified atom stereocenters. The fraction of sp³-hybridized carbons (Fsp3) is 0.273. The molecule has 1 aliphatic heterocycles. The highest BCUT2D eigenvalue weighted by Crippen LogP contribution is 2.28. The van der Waals surface area contributed by atoms with Gasteiger partial charge in [-0.2, -0.15) is 4.98 Å². The minimum atomic E-state index is -0.0958. The number of piperidine rings is 1. The molecule has 1 fully saturated rings. The molecule has 0 amide bonds. The number of imidazole rings is 1. The average Bonchev–Trinajstić information content (AvgIpc) is 3.52. The molecule has 156 valence electrons. The van der Waals surface area contributed by atoms with Crippen molar-refractivity contribution >= 4 is 22.1 Å². The molecule has 1 saturated heterocycles. The second kappa shape index (κ2) is 7.21. The number of benzene rings is 1. The molecule has 1 aromatic carbocycles. The molecule has 0 aliphatic carbocycles. The van der Waals surface area contributed by atoms with Crippen LogP contribution < -0.4 is 5.69 Å². The summed E-state index contributed by atoms with van der Waals surface area (Å²) < 4.78 is 7.39. The molecule has 0 radical (unpaired) electrons. The lowest BCUT2D eigenvalue weighted by atomic mass is 10.1. The molecule has 5 heterocycles. The van der Waals surface area contributed by atoms with E-state index in [1.807, 2.05) is 47.2 Å². The fourth-order valence-corrected chi connectivity index (χ4v) is 4.57. The largest absolute Gasteiger partial charge is 0.346 e. The molecule has 2 N–H and O–H groups in total. The van der Waals surface area contributed by atoms with Gasteiger partial charge in [-0.25, -0.2) is 9.78 Å². The Morgan fingerprint density at radius 3 is 3.00 bits per heavy atom. The normalized spacial score (nSPS) is 17.6. The molecule has 9 nitrogen and oxygen atoms in total. The van der Waals surface area contributed by atoms with Crippen LogP contribution in [0.2, 0.25) is 0 Å². The Balaban J connectivity index is 1.28. The predicted molar refractivity (Wildman–Crippen MR) is 115 cm³/mol. The lowest BCUT2D eigenvalue weighted by molar-refractivity contribution is 0.153. The van der Waals surface area contributed by atoms with Gasteiger partial charge in [0.25, 0.3) is 0 Å². The number of pyridine rings is 1. The first-order valence-electron chi connectivity index (χ1n) is 10.4. The zero-order chi connectivity index (χ0) is 20.8. The number of aromatic nitrogens is 6. The molecule has 9 heteroatoms. The van der Waals surface area contributed by atoms with Crippen LogP contribution in [0.1, 0.15) is 24.8 Å². The van der Waals surface area contributed by atoms with E-state index in [0.717, 1.165) is 53.6 Å². The van der Waals surface area contributed by atoms with Gasteiger partial charge < -0.3 is 14.5 Å². The first kappa shape index (κ1) is 18.1. The molecule has 1 aliphatic rings. The summed E-state index contributed by atoms with van der Waals surface area (Å²) in [4.78, 5) is 30.2. The Morgan fingerprint density at radius 2 is 2.10 bits per heavy atom. The molecule has 0 saturated carbocycles. The minimum absolute atomic E-state index is 0.0621. The Bertz CT molecular complexity index is 1410. The number of nitrogens with zero attached hydrogens (tertiary/aromatic N) is 5. The van der Waals surface area contributed by atoms with Gasteiger partial charge in [-0.05, 0) is 25.5 Å². The zero-order valence-electron chi connectivity index (χ0n) is 16.8. The average molecular weight is 415 g/mol. The summed E-state index contributed by atoms with van der Waals surface area (Å²) in [5, 5.41) is 5.08. The van der Waals surface area contributed by atoms with Gasteiger partial charge in [-0.3, -0.25) is 9.47 Å². The number of hydrogen-bond acceptors (Lipinski definition) is 6. The molecule has 0 bridgehead atoms. The van der Waals surface area contributed by atoms with Gasteiger partial charge in [-0.15, -0.1) is 0 Å². The maximum atomic E-state index is 12.8. The van der Waals surface area contributed by atoms with Crippen LogP contribution in [0, 0.1) is 0 Å². The summed E-state index contributed by atoms with van der Waals surface area (Å²) in [7, 11) is 0. The molecule has 6 rings (SSSR count). The monoisotopic (exact) mass is 415 g/mol. The highest BCUT2D eigenvalue weighted by molar-refractivity contribution is 6.00. The lowest BCUT2D eigenvalue weighted by Crippen LogP contribution is -2.38. The third kappa shape index (κ3) is 3.14. The number of likely N-dealkylation sites (tertiary alicyclic amines) is 1. The van der Waals surface area contributed by atoms with Gasteiger partial charge in [-0.1, -0.05) is 35.5 Å². The van der Waals surface area contributed by atoms with Crippen molar-refractivity contribution < 1.29 is 4.52 Å². The van der Waals surface area contributed by atoms with Gasteiger partial charge in [0.15, 0.2) is 0 Å². The second-order valence-corrected chi connectivity index (χ2v) is 7.97. The van der Waals surface area contributed by atoms with Gasteiger partial charge in [0, 0.05) is 23.7 Å². The first-order chi connectivity index (χ1) is 15.3.